The molecule has 1 heterocycles. The van der Waals surface area contributed by atoms with Crippen molar-refractivity contribution >= 4 is 15.9 Å². The van der Waals surface area contributed by atoms with Crippen molar-refractivity contribution in [2.75, 3.05) is 32.4 Å². The Labute approximate surface area is 118 Å². The molecular weight excluding hydrogens is 280 g/mol. The number of benzene rings is 1. The van der Waals surface area contributed by atoms with E-state index < -0.39 is 10.0 Å². The monoisotopic (exact) mass is 298 g/mol. The molecule has 20 heavy (non-hydrogen) atoms. The van der Waals surface area contributed by atoms with Gasteiger partial charge in [-0.05, 0) is 6.07 Å². The van der Waals surface area contributed by atoms with Gasteiger partial charge in [0.2, 0.25) is 15.9 Å². The van der Waals surface area contributed by atoms with Crippen molar-refractivity contribution in [2.45, 2.75) is 6.42 Å². The number of carbonyl (C=O) groups excluding carboxylic acids is 1. The Kier molecular flexibility index (Phi) is 4.29. The molecule has 1 aromatic rings. The summed E-state index contributed by atoms with van der Waals surface area (Å²) in [6, 6.07) is 6.72. The minimum atomic E-state index is -3.19. The van der Waals surface area contributed by atoms with E-state index in [9.17, 15) is 18.3 Å². The lowest BCUT2D eigenvalue weighted by atomic mass is 10.1. The van der Waals surface area contributed by atoms with Crippen LogP contribution in [0.4, 0.5) is 0 Å². The highest BCUT2D eigenvalue weighted by atomic mass is 32.2. The van der Waals surface area contributed by atoms with Gasteiger partial charge >= 0.3 is 0 Å². The molecule has 0 aliphatic carbocycles. The maximum absolute atomic E-state index is 12.1. The summed E-state index contributed by atoms with van der Waals surface area (Å²) >= 11 is 0. The Balaban J connectivity index is 1.94. The molecule has 110 valence electrons. The average Bonchev–Trinajstić information content (AvgIpc) is 2.40. The van der Waals surface area contributed by atoms with Gasteiger partial charge in [0.25, 0.3) is 0 Å². The fourth-order valence-electron chi connectivity index (χ4n) is 2.20. The molecule has 0 unspecified atom stereocenters. The van der Waals surface area contributed by atoms with Crippen LogP contribution in [0, 0.1) is 0 Å². The number of piperazine rings is 1. The number of amides is 1. The van der Waals surface area contributed by atoms with Gasteiger partial charge in [-0.3, -0.25) is 4.79 Å². The molecule has 0 saturated carbocycles. The number of aromatic hydroxyl groups is 1. The molecule has 0 atom stereocenters. The summed E-state index contributed by atoms with van der Waals surface area (Å²) in [5, 5.41) is 9.65. The molecule has 0 spiro atoms. The normalized spacial score (nSPS) is 17.1. The second kappa shape index (κ2) is 5.80. The highest BCUT2D eigenvalue weighted by Crippen LogP contribution is 2.17. The van der Waals surface area contributed by atoms with E-state index in [0.29, 0.717) is 31.7 Å². The minimum absolute atomic E-state index is 0.0975. The molecule has 1 fully saturated rings. The second-order valence-electron chi connectivity index (χ2n) is 4.85. The minimum Gasteiger partial charge on any atom is -0.508 e. The van der Waals surface area contributed by atoms with Crippen LogP contribution in [-0.4, -0.2) is 61.1 Å². The largest absolute Gasteiger partial charge is 0.508 e. The summed E-state index contributed by atoms with van der Waals surface area (Å²) in [7, 11) is -3.19. The van der Waals surface area contributed by atoms with Crippen molar-refractivity contribution in [3.05, 3.63) is 29.8 Å². The summed E-state index contributed by atoms with van der Waals surface area (Å²) in [6.45, 7) is 1.43. The number of hydrogen-bond acceptors (Lipinski definition) is 4. The Morgan fingerprint density at radius 2 is 1.80 bits per heavy atom. The molecule has 1 saturated heterocycles. The third-order valence-electron chi connectivity index (χ3n) is 3.39. The summed E-state index contributed by atoms with van der Waals surface area (Å²) < 4.78 is 24.1. The van der Waals surface area contributed by atoms with Gasteiger partial charge in [-0.2, -0.15) is 4.31 Å². The first-order valence-electron chi connectivity index (χ1n) is 6.37. The van der Waals surface area contributed by atoms with Crippen molar-refractivity contribution in [3.8, 4) is 5.75 Å². The van der Waals surface area contributed by atoms with Crippen LogP contribution in [-0.2, 0) is 21.2 Å². The van der Waals surface area contributed by atoms with Gasteiger partial charge in [0.15, 0.2) is 0 Å². The lowest BCUT2D eigenvalue weighted by Gasteiger charge is -2.33. The van der Waals surface area contributed by atoms with E-state index >= 15 is 0 Å². The number of rotatable bonds is 3. The van der Waals surface area contributed by atoms with Gasteiger partial charge in [-0.15, -0.1) is 0 Å². The third kappa shape index (κ3) is 3.49. The highest BCUT2D eigenvalue weighted by Gasteiger charge is 2.26. The second-order valence-corrected chi connectivity index (χ2v) is 6.83. The number of carbonyl (C=O) groups is 1. The van der Waals surface area contributed by atoms with E-state index in [0.717, 1.165) is 0 Å². The molecule has 6 nitrogen and oxygen atoms in total. The van der Waals surface area contributed by atoms with Crippen molar-refractivity contribution in [1.82, 2.24) is 9.21 Å². The number of para-hydroxylation sites is 1. The van der Waals surface area contributed by atoms with Crippen LogP contribution in [0.1, 0.15) is 5.56 Å². The first-order chi connectivity index (χ1) is 9.38. The molecule has 1 aromatic carbocycles. The van der Waals surface area contributed by atoms with Crippen LogP contribution in [0.15, 0.2) is 24.3 Å². The predicted octanol–water partition coefficient (Wildman–Crippen LogP) is 0.0385. The van der Waals surface area contributed by atoms with Crippen LogP contribution >= 0.6 is 0 Å². The molecule has 0 aromatic heterocycles. The Bertz CT molecular complexity index is 592. The zero-order valence-electron chi connectivity index (χ0n) is 11.3. The molecule has 1 aliphatic rings. The lowest BCUT2D eigenvalue weighted by molar-refractivity contribution is -0.131. The quantitative estimate of drug-likeness (QED) is 0.854. The van der Waals surface area contributed by atoms with Crippen molar-refractivity contribution in [3.63, 3.8) is 0 Å². The number of phenols is 1. The standard InChI is InChI=1S/C13H18N2O4S/c1-20(18,19)15-8-6-14(7-9-15)13(17)10-11-4-2-3-5-12(11)16/h2-5,16H,6-10H2,1H3. The number of sulfonamides is 1. The number of nitrogens with zero attached hydrogens (tertiary/aromatic N) is 2. The van der Waals surface area contributed by atoms with E-state index in [1.807, 2.05) is 0 Å². The summed E-state index contributed by atoms with van der Waals surface area (Å²) in [5.74, 6) is 0.00951. The van der Waals surface area contributed by atoms with Gasteiger partial charge in [-0.25, -0.2) is 8.42 Å². The lowest BCUT2D eigenvalue weighted by Crippen LogP contribution is -2.50. The first-order valence-corrected chi connectivity index (χ1v) is 8.22. The van der Waals surface area contributed by atoms with E-state index in [4.69, 9.17) is 0 Å². The molecule has 1 aliphatic heterocycles. The maximum Gasteiger partial charge on any atom is 0.227 e. The van der Waals surface area contributed by atoms with Gasteiger partial charge in [0.05, 0.1) is 12.7 Å². The zero-order chi connectivity index (χ0) is 14.8. The smallest absolute Gasteiger partial charge is 0.227 e. The molecule has 1 amide bonds. The SMILES string of the molecule is CS(=O)(=O)N1CCN(C(=O)Cc2ccccc2O)CC1. The first kappa shape index (κ1) is 14.8. The topological polar surface area (TPSA) is 77.9 Å². The molecule has 7 heteroatoms. The van der Waals surface area contributed by atoms with Crippen molar-refractivity contribution in [1.29, 1.82) is 0 Å². The highest BCUT2D eigenvalue weighted by molar-refractivity contribution is 7.88. The summed E-state index contributed by atoms with van der Waals surface area (Å²) in [4.78, 5) is 13.8. The fraction of sp³-hybridized carbons (Fsp3) is 0.462. The predicted molar refractivity (Wildman–Crippen MR) is 74.8 cm³/mol. The Morgan fingerprint density at radius 1 is 1.20 bits per heavy atom. The average molecular weight is 298 g/mol. The fourth-order valence-corrected chi connectivity index (χ4v) is 3.03. The number of phenolic OH excluding ortho intramolecular Hbond substituents is 1. The van der Waals surface area contributed by atoms with Crippen LogP contribution in [0.3, 0.4) is 0 Å². The molecule has 0 radical (unpaired) electrons. The van der Waals surface area contributed by atoms with E-state index in [1.165, 1.54) is 10.6 Å². The third-order valence-corrected chi connectivity index (χ3v) is 4.70. The van der Waals surface area contributed by atoms with Crippen LogP contribution in [0.5, 0.6) is 5.75 Å². The van der Waals surface area contributed by atoms with E-state index in [2.05, 4.69) is 0 Å². The Morgan fingerprint density at radius 3 is 2.35 bits per heavy atom. The van der Waals surface area contributed by atoms with Crippen LogP contribution in [0.2, 0.25) is 0 Å². The maximum atomic E-state index is 12.1. The van der Waals surface area contributed by atoms with Crippen molar-refractivity contribution in [2.24, 2.45) is 0 Å². The Hall–Kier alpha value is -1.60. The zero-order valence-corrected chi connectivity index (χ0v) is 12.1. The number of hydrogen-bond donors (Lipinski definition) is 1. The summed E-state index contributed by atoms with van der Waals surface area (Å²) in [6.07, 6.45) is 1.30. The van der Waals surface area contributed by atoms with Gasteiger partial charge in [0, 0.05) is 31.7 Å². The molecular formula is C13H18N2O4S. The molecule has 1 N–H and O–H groups in total. The van der Waals surface area contributed by atoms with Crippen LogP contribution < -0.4 is 0 Å². The summed E-state index contributed by atoms with van der Waals surface area (Å²) in [5.41, 5.74) is 0.586. The van der Waals surface area contributed by atoms with Gasteiger partial charge < -0.3 is 10.0 Å². The molecule has 0 bridgehead atoms. The van der Waals surface area contributed by atoms with E-state index in [1.54, 1.807) is 29.2 Å². The molecule has 2 rings (SSSR count). The van der Waals surface area contributed by atoms with E-state index in [-0.39, 0.29) is 18.1 Å². The van der Waals surface area contributed by atoms with Gasteiger partial charge in [0.1, 0.15) is 5.75 Å². The van der Waals surface area contributed by atoms with Gasteiger partial charge in [-0.1, -0.05) is 18.2 Å². The van der Waals surface area contributed by atoms with Crippen molar-refractivity contribution < 1.29 is 18.3 Å². The van der Waals surface area contributed by atoms with Crippen LogP contribution in [0.25, 0.3) is 0 Å².